The summed E-state index contributed by atoms with van der Waals surface area (Å²) in [4.78, 5) is 0. The molecule has 0 aromatic carbocycles. The van der Waals surface area contributed by atoms with E-state index in [1.54, 1.807) is 0 Å². The molecule has 0 aromatic rings. The molecular formula is C8H21N2+. The van der Waals surface area contributed by atoms with Crippen LogP contribution >= 0.6 is 0 Å². The fourth-order valence-corrected chi connectivity index (χ4v) is 0.624. The van der Waals surface area contributed by atoms with Crippen molar-refractivity contribution in [3.63, 3.8) is 0 Å². The summed E-state index contributed by atoms with van der Waals surface area (Å²) < 4.78 is 1.00. The summed E-state index contributed by atoms with van der Waals surface area (Å²) in [5.41, 5.74) is 5.82. The van der Waals surface area contributed by atoms with Gasteiger partial charge in [-0.1, -0.05) is 0 Å². The van der Waals surface area contributed by atoms with Gasteiger partial charge in [0.1, 0.15) is 0 Å². The van der Waals surface area contributed by atoms with Crippen molar-refractivity contribution in [3.05, 3.63) is 0 Å². The van der Waals surface area contributed by atoms with E-state index >= 15 is 0 Å². The van der Waals surface area contributed by atoms with Crippen molar-refractivity contribution in [2.75, 3.05) is 27.7 Å². The molecule has 0 amide bonds. The van der Waals surface area contributed by atoms with E-state index in [0.29, 0.717) is 0 Å². The van der Waals surface area contributed by atoms with Crippen molar-refractivity contribution in [1.29, 1.82) is 0 Å². The van der Waals surface area contributed by atoms with Crippen molar-refractivity contribution in [2.24, 2.45) is 5.73 Å². The Kier molecular flexibility index (Phi) is 2.86. The van der Waals surface area contributed by atoms with Crippen molar-refractivity contribution in [1.82, 2.24) is 0 Å². The highest BCUT2D eigenvalue weighted by Gasteiger charge is 2.15. The normalized spacial score (nSPS) is 13.8. The molecule has 2 heteroatoms. The Hall–Kier alpha value is -0.0800. The van der Waals surface area contributed by atoms with Crippen LogP contribution in [-0.2, 0) is 0 Å². The number of nitrogens with two attached hydrogens (primary N) is 1. The van der Waals surface area contributed by atoms with Crippen LogP contribution in [0.4, 0.5) is 0 Å². The summed E-state index contributed by atoms with van der Waals surface area (Å²) in [6.45, 7) is 5.29. The second-order valence-corrected chi connectivity index (χ2v) is 4.75. The fourth-order valence-electron chi connectivity index (χ4n) is 0.624. The minimum absolute atomic E-state index is 0.00840. The van der Waals surface area contributed by atoms with Gasteiger partial charge in [0.25, 0.3) is 0 Å². The second-order valence-electron chi connectivity index (χ2n) is 4.75. The van der Waals surface area contributed by atoms with Crippen LogP contribution in [0.1, 0.15) is 20.3 Å². The topological polar surface area (TPSA) is 26.0 Å². The zero-order valence-electron chi connectivity index (χ0n) is 7.94. The maximum absolute atomic E-state index is 5.83. The van der Waals surface area contributed by atoms with E-state index in [0.717, 1.165) is 17.4 Å². The van der Waals surface area contributed by atoms with E-state index < -0.39 is 0 Å². The average molecular weight is 145 g/mol. The number of quaternary nitrogens is 1. The lowest BCUT2D eigenvalue weighted by atomic mass is 10.0. The SMILES string of the molecule is CC(C)(N)CC[N+](C)(C)C. The Morgan fingerprint density at radius 1 is 1.20 bits per heavy atom. The van der Waals surface area contributed by atoms with Crippen LogP contribution in [0.3, 0.4) is 0 Å². The monoisotopic (exact) mass is 145 g/mol. The van der Waals surface area contributed by atoms with Gasteiger partial charge in [0, 0.05) is 12.0 Å². The lowest BCUT2D eigenvalue weighted by Gasteiger charge is -2.28. The molecule has 0 aliphatic rings. The Morgan fingerprint density at radius 3 is 1.70 bits per heavy atom. The van der Waals surface area contributed by atoms with Gasteiger partial charge < -0.3 is 10.2 Å². The van der Waals surface area contributed by atoms with Crippen molar-refractivity contribution < 1.29 is 4.48 Å². The third-order valence-electron chi connectivity index (χ3n) is 1.43. The van der Waals surface area contributed by atoms with E-state index in [1.165, 1.54) is 0 Å². The van der Waals surface area contributed by atoms with Gasteiger partial charge >= 0.3 is 0 Å². The predicted octanol–water partition coefficient (Wildman–Crippen LogP) is 0.820. The molecule has 62 valence electrons. The smallest absolute Gasteiger partial charge is 0.0797 e. The highest BCUT2D eigenvalue weighted by atomic mass is 15.3. The molecule has 2 N–H and O–H groups in total. The Bertz CT molecular complexity index is 80.8. The summed E-state index contributed by atoms with van der Waals surface area (Å²) in [7, 11) is 6.56. The Labute approximate surface area is 64.6 Å². The van der Waals surface area contributed by atoms with Crippen LogP contribution in [-0.4, -0.2) is 37.7 Å². The molecule has 0 aliphatic carbocycles. The first-order valence-corrected chi connectivity index (χ1v) is 3.80. The maximum Gasteiger partial charge on any atom is 0.0797 e. The number of hydrogen-bond acceptors (Lipinski definition) is 1. The molecule has 0 aliphatic heterocycles. The number of hydrogen-bond donors (Lipinski definition) is 1. The highest BCUT2D eigenvalue weighted by Crippen LogP contribution is 2.05. The molecule has 0 heterocycles. The third-order valence-corrected chi connectivity index (χ3v) is 1.43. The average Bonchev–Trinajstić information content (AvgIpc) is 1.57. The van der Waals surface area contributed by atoms with Crippen LogP contribution < -0.4 is 5.73 Å². The molecule has 0 saturated heterocycles. The number of nitrogens with zero attached hydrogens (tertiary/aromatic N) is 1. The zero-order chi connectivity index (χ0) is 8.41. The quantitative estimate of drug-likeness (QED) is 0.585. The van der Waals surface area contributed by atoms with Crippen LogP contribution in [0.15, 0.2) is 0 Å². The van der Waals surface area contributed by atoms with Gasteiger partial charge in [-0.2, -0.15) is 0 Å². The molecule has 0 rings (SSSR count). The molecule has 0 fully saturated rings. The lowest BCUT2D eigenvalue weighted by molar-refractivity contribution is -0.870. The van der Waals surface area contributed by atoms with Gasteiger partial charge in [-0.05, 0) is 13.8 Å². The van der Waals surface area contributed by atoms with E-state index in [4.69, 9.17) is 5.73 Å². The number of rotatable bonds is 3. The molecule has 10 heavy (non-hydrogen) atoms. The molecule has 0 atom stereocenters. The minimum Gasteiger partial charge on any atom is -0.331 e. The van der Waals surface area contributed by atoms with Crippen molar-refractivity contribution in [3.8, 4) is 0 Å². The standard InChI is InChI=1S/C8H21N2/c1-8(2,9)6-7-10(3,4)5/h6-7,9H2,1-5H3/q+1. The summed E-state index contributed by atoms with van der Waals surface area (Å²) in [6, 6.07) is 0. The summed E-state index contributed by atoms with van der Waals surface area (Å²) >= 11 is 0. The van der Waals surface area contributed by atoms with E-state index in [-0.39, 0.29) is 5.54 Å². The lowest BCUT2D eigenvalue weighted by Crippen LogP contribution is -2.42. The summed E-state index contributed by atoms with van der Waals surface area (Å²) in [5, 5.41) is 0. The maximum atomic E-state index is 5.83. The van der Waals surface area contributed by atoms with Crippen LogP contribution in [0.2, 0.25) is 0 Å². The fraction of sp³-hybridized carbons (Fsp3) is 1.00. The predicted molar refractivity (Wildman–Crippen MR) is 45.8 cm³/mol. The van der Waals surface area contributed by atoms with Gasteiger partial charge in [-0.15, -0.1) is 0 Å². The molecular weight excluding hydrogens is 124 g/mol. The largest absolute Gasteiger partial charge is 0.331 e. The third kappa shape index (κ3) is 7.92. The van der Waals surface area contributed by atoms with Crippen LogP contribution in [0, 0.1) is 0 Å². The first kappa shape index (κ1) is 9.92. The van der Waals surface area contributed by atoms with Gasteiger partial charge in [-0.25, -0.2) is 0 Å². The van der Waals surface area contributed by atoms with Gasteiger partial charge in [-0.3, -0.25) is 0 Å². The Morgan fingerprint density at radius 2 is 1.60 bits per heavy atom. The second kappa shape index (κ2) is 2.89. The van der Waals surface area contributed by atoms with Gasteiger partial charge in [0.05, 0.1) is 27.7 Å². The molecule has 0 spiro atoms. The minimum atomic E-state index is -0.00840. The van der Waals surface area contributed by atoms with Gasteiger partial charge in [0.15, 0.2) is 0 Å². The van der Waals surface area contributed by atoms with Crippen LogP contribution in [0.25, 0.3) is 0 Å². The molecule has 0 aromatic heterocycles. The first-order chi connectivity index (χ1) is 4.21. The van der Waals surface area contributed by atoms with Crippen molar-refractivity contribution in [2.45, 2.75) is 25.8 Å². The molecule has 2 nitrogen and oxygen atoms in total. The van der Waals surface area contributed by atoms with Crippen molar-refractivity contribution >= 4 is 0 Å². The van der Waals surface area contributed by atoms with E-state index in [9.17, 15) is 0 Å². The van der Waals surface area contributed by atoms with E-state index in [1.807, 2.05) is 0 Å². The van der Waals surface area contributed by atoms with E-state index in [2.05, 4.69) is 35.0 Å². The Balaban J connectivity index is 3.56. The van der Waals surface area contributed by atoms with Gasteiger partial charge in [0.2, 0.25) is 0 Å². The van der Waals surface area contributed by atoms with Crippen LogP contribution in [0.5, 0.6) is 0 Å². The summed E-state index contributed by atoms with van der Waals surface area (Å²) in [6.07, 6.45) is 1.08. The summed E-state index contributed by atoms with van der Waals surface area (Å²) in [5.74, 6) is 0. The zero-order valence-corrected chi connectivity index (χ0v) is 7.94. The first-order valence-electron chi connectivity index (χ1n) is 3.80. The highest BCUT2D eigenvalue weighted by molar-refractivity contribution is 4.70. The molecule has 0 unspecified atom stereocenters. The molecule has 0 saturated carbocycles. The molecule has 0 radical (unpaired) electrons. The molecule has 0 bridgehead atoms.